The molecule has 3 heterocycles. The molecule has 0 saturated heterocycles. The number of amides is 1. The second kappa shape index (κ2) is 8.20. The fourth-order valence-corrected chi connectivity index (χ4v) is 5.09. The summed E-state index contributed by atoms with van der Waals surface area (Å²) >= 11 is 0. The summed E-state index contributed by atoms with van der Waals surface area (Å²) in [7, 11) is 0. The lowest BCUT2D eigenvalue weighted by Gasteiger charge is -2.41. The molecule has 33 heavy (non-hydrogen) atoms. The van der Waals surface area contributed by atoms with E-state index in [4.69, 9.17) is 5.10 Å². The van der Waals surface area contributed by atoms with Crippen LogP contribution in [-0.2, 0) is 0 Å². The SMILES string of the molecule is O=C1c2ccccc2N[C@@H](c2cn(-c3ccccc3)nc2-c2ccncc2)N1C1CCCC1. The number of hydrogen-bond acceptors (Lipinski definition) is 4. The highest BCUT2D eigenvalue weighted by atomic mass is 16.2. The Morgan fingerprint density at radius 1 is 0.879 bits per heavy atom. The van der Waals surface area contributed by atoms with Gasteiger partial charge in [0, 0.05) is 41.4 Å². The number of nitrogens with zero attached hydrogens (tertiary/aromatic N) is 4. The van der Waals surface area contributed by atoms with Crippen LogP contribution in [0.2, 0.25) is 0 Å². The first-order valence-corrected chi connectivity index (χ1v) is 11.5. The molecule has 0 spiro atoms. The van der Waals surface area contributed by atoms with E-state index in [1.807, 2.05) is 71.4 Å². The van der Waals surface area contributed by atoms with Gasteiger partial charge in [-0.2, -0.15) is 5.10 Å². The van der Waals surface area contributed by atoms with Gasteiger partial charge in [-0.05, 0) is 49.2 Å². The average molecular weight is 436 g/mol. The largest absolute Gasteiger partial charge is 0.361 e. The number of benzene rings is 2. The summed E-state index contributed by atoms with van der Waals surface area (Å²) in [6.07, 6.45) is 9.70. The fraction of sp³-hybridized carbons (Fsp3) is 0.222. The molecule has 6 heteroatoms. The molecule has 1 fully saturated rings. The molecule has 1 saturated carbocycles. The van der Waals surface area contributed by atoms with Crippen LogP contribution in [0.1, 0.15) is 47.8 Å². The lowest BCUT2D eigenvalue weighted by atomic mass is 9.99. The zero-order valence-corrected chi connectivity index (χ0v) is 18.3. The Balaban J connectivity index is 1.53. The number of carbonyl (C=O) groups is 1. The van der Waals surface area contributed by atoms with Gasteiger partial charge in [-0.15, -0.1) is 0 Å². The van der Waals surface area contributed by atoms with Gasteiger partial charge < -0.3 is 10.2 Å². The summed E-state index contributed by atoms with van der Waals surface area (Å²) in [5.41, 5.74) is 5.41. The van der Waals surface area contributed by atoms with Crippen LogP contribution in [0.4, 0.5) is 5.69 Å². The van der Waals surface area contributed by atoms with Crippen molar-refractivity contribution in [1.82, 2.24) is 19.7 Å². The van der Waals surface area contributed by atoms with E-state index >= 15 is 0 Å². The summed E-state index contributed by atoms with van der Waals surface area (Å²) in [5.74, 6) is 0.0920. The molecule has 0 radical (unpaired) electrons. The van der Waals surface area contributed by atoms with E-state index < -0.39 is 0 Å². The summed E-state index contributed by atoms with van der Waals surface area (Å²) in [4.78, 5) is 20.0. The number of rotatable bonds is 4. The predicted octanol–water partition coefficient (Wildman–Crippen LogP) is 5.44. The second-order valence-corrected chi connectivity index (χ2v) is 8.69. The molecule has 2 aliphatic rings. The molecule has 1 amide bonds. The minimum atomic E-state index is -0.295. The van der Waals surface area contributed by atoms with Gasteiger partial charge in [-0.3, -0.25) is 9.78 Å². The van der Waals surface area contributed by atoms with E-state index in [1.165, 1.54) is 0 Å². The first-order valence-electron chi connectivity index (χ1n) is 11.5. The zero-order chi connectivity index (χ0) is 22.2. The van der Waals surface area contributed by atoms with Crippen molar-refractivity contribution in [2.75, 3.05) is 5.32 Å². The molecule has 2 aromatic carbocycles. The van der Waals surface area contributed by atoms with Crippen molar-refractivity contribution in [3.8, 4) is 16.9 Å². The summed E-state index contributed by atoms with van der Waals surface area (Å²) in [5, 5.41) is 8.66. The minimum Gasteiger partial charge on any atom is -0.361 e. The lowest BCUT2D eigenvalue weighted by molar-refractivity contribution is 0.0585. The molecular formula is C27H25N5O. The van der Waals surface area contributed by atoms with Gasteiger partial charge in [0.05, 0.1) is 16.9 Å². The molecule has 1 N–H and O–H groups in total. The third-order valence-electron chi connectivity index (χ3n) is 6.69. The topological polar surface area (TPSA) is 63.1 Å². The quantitative estimate of drug-likeness (QED) is 0.463. The number of para-hydroxylation sites is 2. The molecule has 4 aromatic rings. The first kappa shape index (κ1) is 19.7. The fourth-order valence-electron chi connectivity index (χ4n) is 5.09. The predicted molar refractivity (Wildman–Crippen MR) is 128 cm³/mol. The van der Waals surface area contributed by atoms with Crippen LogP contribution < -0.4 is 5.32 Å². The number of hydrogen-bond donors (Lipinski definition) is 1. The van der Waals surface area contributed by atoms with Crippen LogP contribution in [0.15, 0.2) is 85.3 Å². The number of fused-ring (bicyclic) bond motifs is 1. The van der Waals surface area contributed by atoms with Crippen molar-refractivity contribution in [1.29, 1.82) is 0 Å². The maximum absolute atomic E-state index is 13.8. The van der Waals surface area contributed by atoms with Crippen molar-refractivity contribution >= 4 is 11.6 Å². The number of anilines is 1. The van der Waals surface area contributed by atoms with Crippen LogP contribution >= 0.6 is 0 Å². The minimum absolute atomic E-state index is 0.0920. The maximum Gasteiger partial charge on any atom is 0.258 e. The smallest absolute Gasteiger partial charge is 0.258 e. The highest BCUT2D eigenvalue weighted by Gasteiger charge is 2.40. The van der Waals surface area contributed by atoms with E-state index in [1.54, 1.807) is 12.4 Å². The average Bonchev–Trinajstić information content (AvgIpc) is 3.56. The van der Waals surface area contributed by atoms with Crippen LogP contribution in [0.5, 0.6) is 0 Å². The Labute approximate surface area is 192 Å². The normalized spacial score (nSPS) is 18.2. The van der Waals surface area contributed by atoms with E-state index in [2.05, 4.69) is 21.4 Å². The van der Waals surface area contributed by atoms with Gasteiger partial charge in [0.25, 0.3) is 5.91 Å². The summed E-state index contributed by atoms with van der Waals surface area (Å²) in [6.45, 7) is 0. The highest BCUT2D eigenvalue weighted by Crippen LogP contribution is 2.41. The van der Waals surface area contributed by atoms with Crippen molar-refractivity contribution < 1.29 is 4.79 Å². The van der Waals surface area contributed by atoms with E-state index in [0.29, 0.717) is 0 Å². The molecule has 6 rings (SSSR count). The Morgan fingerprint density at radius 3 is 2.39 bits per heavy atom. The molecule has 2 aromatic heterocycles. The van der Waals surface area contributed by atoms with Crippen LogP contribution in [0, 0.1) is 0 Å². The molecule has 0 bridgehead atoms. The molecule has 1 aliphatic heterocycles. The van der Waals surface area contributed by atoms with Crippen LogP contribution in [0.25, 0.3) is 16.9 Å². The number of aromatic nitrogens is 3. The highest BCUT2D eigenvalue weighted by molar-refractivity contribution is 6.02. The van der Waals surface area contributed by atoms with E-state index in [-0.39, 0.29) is 18.1 Å². The Bertz CT molecular complexity index is 1280. The number of nitrogens with one attached hydrogen (secondary N) is 1. The van der Waals surface area contributed by atoms with Gasteiger partial charge >= 0.3 is 0 Å². The second-order valence-electron chi connectivity index (χ2n) is 8.69. The van der Waals surface area contributed by atoms with Crippen LogP contribution in [0.3, 0.4) is 0 Å². The molecule has 1 atom stereocenters. The van der Waals surface area contributed by atoms with Crippen molar-refractivity contribution in [3.63, 3.8) is 0 Å². The third kappa shape index (κ3) is 3.48. The lowest BCUT2D eigenvalue weighted by Crippen LogP contribution is -2.47. The third-order valence-corrected chi connectivity index (χ3v) is 6.69. The standard InChI is InChI=1S/C27H25N5O/c33-27-22-12-6-7-13-24(22)29-26(32(27)21-10-4-5-11-21)23-18-31(20-8-2-1-3-9-20)30-25(23)19-14-16-28-17-15-19/h1-3,6-9,12-18,21,26,29H,4-5,10-11H2/t26-/m1/s1. The van der Waals surface area contributed by atoms with Gasteiger partial charge in [0.2, 0.25) is 0 Å². The van der Waals surface area contributed by atoms with Crippen LogP contribution in [-0.4, -0.2) is 31.6 Å². The summed E-state index contributed by atoms with van der Waals surface area (Å²) < 4.78 is 1.91. The monoisotopic (exact) mass is 435 g/mol. The van der Waals surface area contributed by atoms with Gasteiger partial charge in [0.15, 0.2) is 0 Å². The number of pyridine rings is 1. The Kier molecular flexibility index (Phi) is 4.91. The molecule has 0 unspecified atom stereocenters. The number of carbonyl (C=O) groups excluding carboxylic acids is 1. The van der Waals surface area contributed by atoms with E-state index in [0.717, 1.165) is 59.4 Å². The van der Waals surface area contributed by atoms with Crippen molar-refractivity contribution in [3.05, 3.63) is 96.4 Å². The molecular weight excluding hydrogens is 410 g/mol. The summed E-state index contributed by atoms with van der Waals surface area (Å²) in [6, 6.07) is 22.1. The molecule has 6 nitrogen and oxygen atoms in total. The molecule has 1 aliphatic carbocycles. The Hall–Kier alpha value is -3.93. The first-order chi connectivity index (χ1) is 16.3. The Morgan fingerprint density at radius 2 is 1.61 bits per heavy atom. The maximum atomic E-state index is 13.8. The zero-order valence-electron chi connectivity index (χ0n) is 18.3. The van der Waals surface area contributed by atoms with E-state index in [9.17, 15) is 4.79 Å². The van der Waals surface area contributed by atoms with Crippen molar-refractivity contribution in [2.24, 2.45) is 0 Å². The molecule has 164 valence electrons. The van der Waals surface area contributed by atoms with Gasteiger partial charge in [-0.25, -0.2) is 4.68 Å². The van der Waals surface area contributed by atoms with Gasteiger partial charge in [-0.1, -0.05) is 43.2 Å². The van der Waals surface area contributed by atoms with Gasteiger partial charge in [0.1, 0.15) is 6.17 Å². The van der Waals surface area contributed by atoms with Crippen molar-refractivity contribution in [2.45, 2.75) is 37.9 Å².